The van der Waals surface area contributed by atoms with Gasteiger partial charge in [0, 0.05) is 31.0 Å². The molecular weight excluding hydrogens is 228 g/mol. The molecule has 1 fully saturated rings. The first-order chi connectivity index (χ1) is 8.84. The fraction of sp³-hybridized carbons (Fsp3) is 0.308. The van der Waals surface area contributed by atoms with Gasteiger partial charge in [0.25, 0.3) is 5.91 Å². The normalized spacial score (nSPS) is 15.0. The standard InChI is InChI=1S/C13H14N4O/c18-13(17-5-1-2-6-17)10-3-4-12(14-7-10)11-8-15-16-9-11/h3-4,7-9H,1-2,5-6H2,(H,15,16). The van der Waals surface area contributed by atoms with Crippen molar-refractivity contribution in [2.24, 2.45) is 0 Å². The number of H-pyrrole nitrogens is 1. The number of carbonyl (C=O) groups is 1. The monoisotopic (exact) mass is 242 g/mol. The van der Waals surface area contributed by atoms with Crippen LogP contribution in [0.15, 0.2) is 30.7 Å². The zero-order valence-electron chi connectivity index (χ0n) is 9.97. The molecule has 0 aliphatic carbocycles. The van der Waals surface area contributed by atoms with E-state index in [1.165, 1.54) is 0 Å². The SMILES string of the molecule is O=C(c1ccc(-c2cn[nH]c2)nc1)N1CCCC1. The molecule has 3 rings (SSSR count). The first kappa shape index (κ1) is 11.0. The van der Waals surface area contributed by atoms with Gasteiger partial charge in [-0.2, -0.15) is 5.10 Å². The van der Waals surface area contributed by atoms with Gasteiger partial charge >= 0.3 is 0 Å². The number of amides is 1. The Hall–Kier alpha value is -2.17. The minimum Gasteiger partial charge on any atom is -0.339 e. The lowest BCUT2D eigenvalue weighted by Gasteiger charge is -2.14. The number of hydrogen-bond acceptors (Lipinski definition) is 3. The van der Waals surface area contributed by atoms with Crippen LogP contribution in [0.4, 0.5) is 0 Å². The van der Waals surface area contributed by atoms with Crippen molar-refractivity contribution in [1.82, 2.24) is 20.1 Å². The van der Waals surface area contributed by atoms with Crippen molar-refractivity contribution >= 4 is 5.91 Å². The summed E-state index contributed by atoms with van der Waals surface area (Å²) in [4.78, 5) is 18.3. The highest BCUT2D eigenvalue weighted by atomic mass is 16.2. The van der Waals surface area contributed by atoms with Gasteiger partial charge in [-0.15, -0.1) is 0 Å². The molecule has 0 atom stereocenters. The molecule has 0 bridgehead atoms. The molecule has 0 saturated carbocycles. The number of carbonyl (C=O) groups excluding carboxylic acids is 1. The third-order valence-corrected chi connectivity index (χ3v) is 3.20. The molecule has 1 aliphatic heterocycles. The van der Waals surface area contributed by atoms with Crippen molar-refractivity contribution in [3.63, 3.8) is 0 Å². The fourth-order valence-electron chi connectivity index (χ4n) is 2.18. The Kier molecular flexibility index (Phi) is 2.80. The summed E-state index contributed by atoms with van der Waals surface area (Å²) in [6, 6.07) is 3.68. The van der Waals surface area contributed by atoms with Gasteiger partial charge in [0.2, 0.25) is 0 Å². The zero-order valence-corrected chi connectivity index (χ0v) is 9.97. The molecule has 5 nitrogen and oxygen atoms in total. The molecule has 2 aromatic heterocycles. The van der Waals surface area contributed by atoms with Crippen LogP contribution < -0.4 is 0 Å². The number of likely N-dealkylation sites (tertiary alicyclic amines) is 1. The number of nitrogens with one attached hydrogen (secondary N) is 1. The van der Waals surface area contributed by atoms with Crippen molar-refractivity contribution in [3.8, 4) is 11.3 Å². The molecule has 1 amide bonds. The van der Waals surface area contributed by atoms with Gasteiger partial charge in [-0.3, -0.25) is 14.9 Å². The van der Waals surface area contributed by atoms with Crippen molar-refractivity contribution in [2.45, 2.75) is 12.8 Å². The maximum absolute atomic E-state index is 12.1. The van der Waals surface area contributed by atoms with E-state index in [9.17, 15) is 4.79 Å². The maximum Gasteiger partial charge on any atom is 0.255 e. The molecule has 5 heteroatoms. The molecule has 0 radical (unpaired) electrons. The van der Waals surface area contributed by atoms with Crippen LogP contribution in [0.3, 0.4) is 0 Å². The molecule has 3 heterocycles. The van der Waals surface area contributed by atoms with E-state index < -0.39 is 0 Å². The third kappa shape index (κ3) is 1.99. The molecule has 2 aromatic rings. The molecule has 0 aromatic carbocycles. The lowest BCUT2D eigenvalue weighted by atomic mass is 10.2. The average Bonchev–Trinajstić information content (AvgIpc) is 3.11. The lowest BCUT2D eigenvalue weighted by molar-refractivity contribution is 0.0792. The van der Waals surface area contributed by atoms with Gasteiger partial charge in [0.05, 0.1) is 17.5 Å². The quantitative estimate of drug-likeness (QED) is 0.872. The zero-order chi connectivity index (χ0) is 12.4. The molecule has 0 spiro atoms. The van der Waals surface area contributed by atoms with Crippen LogP contribution in [-0.4, -0.2) is 39.1 Å². The Bertz CT molecular complexity index is 527. The van der Waals surface area contributed by atoms with Gasteiger partial charge in [0.1, 0.15) is 0 Å². The summed E-state index contributed by atoms with van der Waals surface area (Å²) in [6.07, 6.45) is 7.34. The summed E-state index contributed by atoms with van der Waals surface area (Å²) >= 11 is 0. The van der Waals surface area contributed by atoms with E-state index in [0.717, 1.165) is 37.2 Å². The van der Waals surface area contributed by atoms with Crippen LogP contribution in [0.1, 0.15) is 23.2 Å². The highest BCUT2D eigenvalue weighted by molar-refractivity contribution is 5.94. The number of rotatable bonds is 2. The minimum absolute atomic E-state index is 0.0822. The van der Waals surface area contributed by atoms with Gasteiger partial charge < -0.3 is 4.90 Å². The second-order valence-electron chi connectivity index (χ2n) is 4.42. The Morgan fingerprint density at radius 3 is 2.67 bits per heavy atom. The van der Waals surface area contributed by atoms with Crippen LogP contribution in [-0.2, 0) is 0 Å². The summed E-state index contributed by atoms with van der Waals surface area (Å²) in [6.45, 7) is 1.73. The van der Waals surface area contributed by atoms with Gasteiger partial charge in [-0.05, 0) is 25.0 Å². The predicted octanol–water partition coefficient (Wildman–Crippen LogP) is 1.71. The van der Waals surface area contributed by atoms with E-state index in [-0.39, 0.29) is 5.91 Å². The maximum atomic E-state index is 12.1. The van der Waals surface area contributed by atoms with Crippen molar-refractivity contribution in [3.05, 3.63) is 36.3 Å². The number of hydrogen-bond donors (Lipinski definition) is 1. The summed E-state index contributed by atoms with van der Waals surface area (Å²) in [5.74, 6) is 0.0822. The highest BCUT2D eigenvalue weighted by Gasteiger charge is 2.19. The number of nitrogens with zero attached hydrogens (tertiary/aromatic N) is 3. The van der Waals surface area contributed by atoms with Gasteiger partial charge in [-0.1, -0.05) is 0 Å². The van der Waals surface area contributed by atoms with Crippen molar-refractivity contribution in [1.29, 1.82) is 0 Å². The summed E-state index contributed by atoms with van der Waals surface area (Å²) in [7, 11) is 0. The molecule has 1 saturated heterocycles. The Labute approximate surface area is 105 Å². The van der Waals surface area contributed by atoms with E-state index in [1.54, 1.807) is 18.6 Å². The second-order valence-corrected chi connectivity index (χ2v) is 4.42. The largest absolute Gasteiger partial charge is 0.339 e. The summed E-state index contributed by atoms with van der Waals surface area (Å²) in [5.41, 5.74) is 2.40. The first-order valence-electron chi connectivity index (χ1n) is 6.09. The van der Waals surface area contributed by atoms with Crippen LogP contribution in [0, 0.1) is 0 Å². The van der Waals surface area contributed by atoms with E-state index in [2.05, 4.69) is 15.2 Å². The first-order valence-corrected chi connectivity index (χ1v) is 6.09. The number of aromatic nitrogens is 3. The number of aromatic amines is 1. The highest BCUT2D eigenvalue weighted by Crippen LogP contribution is 2.17. The molecule has 1 aliphatic rings. The van der Waals surface area contributed by atoms with E-state index in [4.69, 9.17) is 0 Å². The lowest BCUT2D eigenvalue weighted by Crippen LogP contribution is -2.27. The third-order valence-electron chi connectivity index (χ3n) is 3.20. The van der Waals surface area contributed by atoms with Gasteiger partial charge in [-0.25, -0.2) is 0 Å². The molecule has 92 valence electrons. The van der Waals surface area contributed by atoms with E-state index >= 15 is 0 Å². The minimum atomic E-state index is 0.0822. The van der Waals surface area contributed by atoms with Crippen molar-refractivity contribution in [2.75, 3.05) is 13.1 Å². The molecule has 18 heavy (non-hydrogen) atoms. The molecule has 1 N–H and O–H groups in total. The van der Waals surface area contributed by atoms with Crippen LogP contribution in [0.25, 0.3) is 11.3 Å². The van der Waals surface area contributed by atoms with Gasteiger partial charge in [0.15, 0.2) is 0 Å². The Morgan fingerprint density at radius 2 is 2.06 bits per heavy atom. The number of pyridine rings is 1. The van der Waals surface area contributed by atoms with Crippen molar-refractivity contribution < 1.29 is 4.79 Å². The summed E-state index contributed by atoms with van der Waals surface area (Å²) in [5, 5.41) is 6.62. The second kappa shape index (κ2) is 4.60. The molecule has 0 unspecified atom stereocenters. The predicted molar refractivity (Wildman–Crippen MR) is 67.0 cm³/mol. The van der Waals surface area contributed by atoms with E-state index in [0.29, 0.717) is 5.56 Å². The smallest absolute Gasteiger partial charge is 0.255 e. The van der Waals surface area contributed by atoms with Crippen LogP contribution in [0.2, 0.25) is 0 Å². The topological polar surface area (TPSA) is 61.9 Å². The fourth-order valence-corrected chi connectivity index (χ4v) is 2.18. The summed E-state index contributed by atoms with van der Waals surface area (Å²) < 4.78 is 0. The molecular formula is C13H14N4O. The van der Waals surface area contributed by atoms with E-state index in [1.807, 2.05) is 17.0 Å². The Morgan fingerprint density at radius 1 is 1.22 bits per heavy atom. The average molecular weight is 242 g/mol. The van der Waals surface area contributed by atoms with Crippen LogP contribution >= 0.6 is 0 Å². The van der Waals surface area contributed by atoms with Crippen LogP contribution in [0.5, 0.6) is 0 Å². The Balaban J connectivity index is 1.80.